The van der Waals surface area contributed by atoms with Crippen molar-refractivity contribution < 1.29 is 19.0 Å². The van der Waals surface area contributed by atoms with Crippen molar-refractivity contribution in [1.29, 1.82) is 0 Å². The lowest BCUT2D eigenvalue weighted by atomic mass is 9.85. The van der Waals surface area contributed by atoms with Gasteiger partial charge in [-0.2, -0.15) is 0 Å². The Morgan fingerprint density at radius 2 is 2.10 bits per heavy atom. The van der Waals surface area contributed by atoms with Crippen LogP contribution in [-0.4, -0.2) is 45.2 Å². The fourth-order valence-corrected chi connectivity index (χ4v) is 2.49. The van der Waals surface area contributed by atoms with E-state index in [9.17, 15) is 4.79 Å². The van der Waals surface area contributed by atoms with Gasteiger partial charge < -0.3 is 19.5 Å². The third-order valence-electron chi connectivity index (χ3n) is 3.55. The number of hydrogen-bond donors (Lipinski definition) is 2. The lowest BCUT2D eigenvalue weighted by molar-refractivity contribution is -0.118. The van der Waals surface area contributed by atoms with Crippen LogP contribution in [0.5, 0.6) is 0 Å². The van der Waals surface area contributed by atoms with Gasteiger partial charge in [-0.15, -0.1) is 0 Å². The maximum atomic E-state index is 11.2. The van der Waals surface area contributed by atoms with Crippen molar-refractivity contribution in [3.63, 3.8) is 0 Å². The van der Waals surface area contributed by atoms with Crippen LogP contribution >= 0.6 is 0 Å². The molecule has 3 atom stereocenters. The Balaban J connectivity index is 1.94. The standard InChI is InChI=1S/C15H22N2O4/c1-4-21-13-9-12(14(13)19-2)16-10-6-5-7-11(8-10)17-15(18)20-3/h5-8,12-14,16H,4,9H2,1-3H3,(H,17,18). The van der Waals surface area contributed by atoms with E-state index in [4.69, 9.17) is 9.47 Å². The second-order valence-corrected chi connectivity index (χ2v) is 4.88. The highest BCUT2D eigenvalue weighted by molar-refractivity contribution is 5.85. The Morgan fingerprint density at radius 3 is 2.76 bits per heavy atom. The molecule has 0 saturated heterocycles. The molecule has 1 fully saturated rings. The largest absolute Gasteiger partial charge is 0.453 e. The molecule has 2 N–H and O–H groups in total. The van der Waals surface area contributed by atoms with Crippen molar-refractivity contribution in [2.24, 2.45) is 0 Å². The number of rotatable bonds is 6. The molecule has 0 bridgehead atoms. The Kier molecular flexibility index (Phi) is 5.41. The van der Waals surface area contributed by atoms with Gasteiger partial charge in [0, 0.05) is 25.1 Å². The fourth-order valence-electron chi connectivity index (χ4n) is 2.49. The van der Waals surface area contributed by atoms with E-state index >= 15 is 0 Å². The second kappa shape index (κ2) is 7.28. The van der Waals surface area contributed by atoms with Crippen LogP contribution in [0.4, 0.5) is 16.2 Å². The molecule has 0 radical (unpaired) electrons. The van der Waals surface area contributed by atoms with Crippen molar-refractivity contribution in [2.75, 3.05) is 31.5 Å². The van der Waals surface area contributed by atoms with Crippen LogP contribution in [0, 0.1) is 0 Å². The molecule has 1 aromatic rings. The number of benzene rings is 1. The molecule has 6 nitrogen and oxygen atoms in total. The first kappa shape index (κ1) is 15.6. The van der Waals surface area contributed by atoms with E-state index in [1.165, 1.54) is 7.11 Å². The van der Waals surface area contributed by atoms with Crippen molar-refractivity contribution in [3.05, 3.63) is 24.3 Å². The molecular weight excluding hydrogens is 272 g/mol. The summed E-state index contributed by atoms with van der Waals surface area (Å²) in [5.74, 6) is 0. The third kappa shape index (κ3) is 3.86. The van der Waals surface area contributed by atoms with Gasteiger partial charge in [-0.25, -0.2) is 4.79 Å². The molecule has 1 aliphatic carbocycles. The van der Waals surface area contributed by atoms with E-state index in [1.54, 1.807) is 13.2 Å². The second-order valence-electron chi connectivity index (χ2n) is 4.88. The molecule has 0 heterocycles. The van der Waals surface area contributed by atoms with E-state index in [0.29, 0.717) is 12.3 Å². The van der Waals surface area contributed by atoms with Gasteiger partial charge in [-0.05, 0) is 31.5 Å². The zero-order valence-corrected chi connectivity index (χ0v) is 12.6. The SMILES string of the molecule is CCOC1CC(Nc2cccc(NC(=O)OC)c2)C1OC. The number of ether oxygens (including phenoxy) is 3. The van der Waals surface area contributed by atoms with Gasteiger partial charge in [-0.1, -0.05) is 6.07 Å². The number of carbonyl (C=O) groups excluding carboxylic acids is 1. The highest BCUT2D eigenvalue weighted by Crippen LogP contribution is 2.30. The normalized spacial score (nSPS) is 24.0. The number of methoxy groups -OCH3 is 2. The van der Waals surface area contributed by atoms with Crippen molar-refractivity contribution in [1.82, 2.24) is 0 Å². The summed E-state index contributed by atoms with van der Waals surface area (Å²) < 4.78 is 15.6. The van der Waals surface area contributed by atoms with Gasteiger partial charge in [0.05, 0.1) is 19.3 Å². The van der Waals surface area contributed by atoms with E-state index in [-0.39, 0.29) is 18.2 Å². The maximum absolute atomic E-state index is 11.2. The summed E-state index contributed by atoms with van der Waals surface area (Å²) in [6.45, 7) is 2.67. The number of amides is 1. The van der Waals surface area contributed by atoms with Gasteiger partial charge in [0.25, 0.3) is 0 Å². The Labute approximate surface area is 124 Å². The summed E-state index contributed by atoms with van der Waals surface area (Å²) in [6, 6.07) is 7.69. The number of hydrogen-bond acceptors (Lipinski definition) is 5. The first-order chi connectivity index (χ1) is 10.2. The third-order valence-corrected chi connectivity index (χ3v) is 3.55. The topological polar surface area (TPSA) is 68.8 Å². The van der Waals surface area contributed by atoms with Gasteiger partial charge in [0.2, 0.25) is 0 Å². The fraction of sp³-hybridized carbons (Fsp3) is 0.533. The minimum Gasteiger partial charge on any atom is -0.453 e. The summed E-state index contributed by atoms with van der Waals surface area (Å²) in [6.07, 6.45) is 0.610. The molecule has 1 aliphatic rings. The van der Waals surface area contributed by atoms with Gasteiger partial charge >= 0.3 is 6.09 Å². The summed E-state index contributed by atoms with van der Waals surface area (Å²) in [4.78, 5) is 11.2. The van der Waals surface area contributed by atoms with Crippen LogP contribution in [0.25, 0.3) is 0 Å². The summed E-state index contributed by atoms with van der Waals surface area (Å²) in [7, 11) is 3.03. The molecule has 0 aromatic heterocycles. The van der Waals surface area contributed by atoms with Gasteiger partial charge in [0.15, 0.2) is 0 Å². The monoisotopic (exact) mass is 294 g/mol. The number of anilines is 2. The first-order valence-electron chi connectivity index (χ1n) is 7.04. The summed E-state index contributed by atoms with van der Waals surface area (Å²) in [5.41, 5.74) is 1.60. The molecule has 3 unspecified atom stereocenters. The molecule has 2 rings (SSSR count). The lowest BCUT2D eigenvalue weighted by Crippen LogP contribution is -2.56. The van der Waals surface area contributed by atoms with Gasteiger partial charge in [-0.3, -0.25) is 5.32 Å². The molecule has 1 amide bonds. The molecule has 1 saturated carbocycles. The van der Waals surface area contributed by atoms with E-state index < -0.39 is 6.09 Å². The maximum Gasteiger partial charge on any atom is 0.411 e. The first-order valence-corrected chi connectivity index (χ1v) is 7.04. The van der Waals surface area contributed by atoms with Crippen molar-refractivity contribution in [3.8, 4) is 0 Å². The van der Waals surface area contributed by atoms with E-state index in [2.05, 4.69) is 15.4 Å². The van der Waals surface area contributed by atoms with Crippen LogP contribution in [0.2, 0.25) is 0 Å². The zero-order chi connectivity index (χ0) is 15.2. The van der Waals surface area contributed by atoms with Crippen LogP contribution in [-0.2, 0) is 14.2 Å². The predicted octanol–water partition coefficient (Wildman–Crippen LogP) is 2.47. The minimum atomic E-state index is -0.484. The molecule has 0 aliphatic heterocycles. The Bertz CT molecular complexity index is 480. The van der Waals surface area contributed by atoms with Gasteiger partial charge in [0.1, 0.15) is 6.10 Å². The quantitative estimate of drug-likeness (QED) is 0.843. The van der Waals surface area contributed by atoms with Crippen LogP contribution in [0.1, 0.15) is 13.3 Å². The summed E-state index contributed by atoms with van der Waals surface area (Å²) in [5, 5.41) is 6.04. The minimum absolute atomic E-state index is 0.0437. The van der Waals surface area contributed by atoms with Crippen molar-refractivity contribution in [2.45, 2.75) is 31.6 Å². The van der Waals surface area contributed by atoms with Crippen LogP contribution < -0.4 is 10.6 Å². The molecule has 116 valence electrons. The van der Waals surface area contributed by atoms with E-state index in [0.717, 1.165) is 12.1 Å². The number of nitrogens with one attached hydrogen (secondary N) is 2. The predicted molar refractivity (Wildman–Crippen MR) is 80.7 cm³/mol. The van der Waals surface area contributed by atoms with Crippen molar-refractivity contribution >= 4 is 17.5 Å². The zero-order valence-electron chi connectivity index (χ0n) is 12.6. The Morgan fingerprint density at radius 1 is 1.33 bits per heavy atom. The van der Waals surface area contributed by atoms with E-state index in [1.807, 2.05) is 25.1 Å². The smallest absolute Gasteiger partial charge is 0.411 e. The van der Waals surface area contributed by atoms with Crippen LogP contribution in [0.3, 0.4) is 0 Å². The average molecular weight is 294 g/mol. The summed E-state index contributed by atoms with van der Waals surface area (Å²) >= 11 is 0. The highest BCUT2D eigenvalue weighted by Gasteiger charge is 2.42. The molecule has 0 spiro atoms. The van der Waals surface area contributed by atoms with Crippen LogP contribution in [0.15, 0.2) is 24.3 Å². The number of carbonyl (C=O) groups is 1. The average Bonchev–Trinajstić information content (AvgIpc) is 2.46. The molecule has 6 heteroatoms. The Hall–Kier alpha value is -1.79. The lowest BCUT2D eigenvalue weighted by Gasteiger charge is -2.43. The molecule has 21 heavy (non-hydrogen) atoms. The highest BCUT2D eigenvalue weighted by atomic mass is 16.5. The molecule has 1 aromatic carbocycles. The molecular formula is C15H22N2O4.